The molecule has 0 amide bonds. The van der Waals surface area contributed by atoms with E-state index < -0.39 is 5.60 Å². The summed E-state index contributed by atoms with van der Waals surface area (Å²) >= 11 is 0. The topological polar surface area (TPSA) is 54.2 Å². The van der Waals surface area contributed by atoms with Crippen LogP contribution in [-0.2, 0) is 18.4 Å². The van der Waals surface area contributed by atoms with Crippen LogP contribution in [0, 0.1) is 0 Å². The minimum atomic E-state index is -0.864. The molecule has 0 aliphatic carbocycles. The zero-order valence-corrected chi connectivity index (χ0v) is 14.9. The maximum absolute atomic E-state index is 11.0. The molecule has 2 heterocycles. The van der Waals surface area contributed by atoms with Crippen molar-refractivity contribution in [3.05, 3.63) is 47.3 Å². The fraction of sp³-hybridized carbons (Fsp3) is 0.579. The van der Waals surface area contributed by atoms with E-state index in [9.17, 15) is 5.11 Å². The van der Waals surface area contributed by atoms with E-state index in [0.29, 0.717) is 12.2 Å². The molecular formula is C19H28N4O. The Morgan fingerprint density at radius 2 is 2.00 bits per heavy atom. The van der Waals surface area contributed by atoms with E-state index >= 15 is 0 Å². The number of aryl methyl sites for hydroxylation is 1. The number of β-amino-alcohol motifs (C(OH)–C–C–N with tert-alkyl or cyclic N) is 1. The lowest BCUT2D eigenvalue weighted by atomic mass is 10.00. The van der Waals surface area contributed by atoms with Crippen LogP contribution < -0.4 is 0 Å². The van der Waals surface area contributed by atoms with Crippen LogP contribution in [0.2, 0.25) is 0 Å². The van der Waals surface area contributed by atoms with Gasteiger partial charge < -0.3 is 5.11 Å². The average Bonchev–Trinajstić information content (AvgIpc) is 3.21. The Morgan fingerprint density at radius 1 is 1.25 bits per heavy atom. The Hall–Kier alpha value is -1.72. The van der Waals surface area contributed by atoms with Crippen LogP contribution in [0.3, 0.4) is 0 Å². The first-order valence-corrected chi connectivity index (χ1v) is 8.95. The van der Waals surface area contributed by atoms with Crippen molar-refractivity contribution >= 4 is 0 Å². The highest BCUT2D eigenvalue weighted by molar-refractivity contribution is 5.27. The van der Waals surface area contributed by atoms with Crippen molar-refractivity contribution < 1.29 is 5.11 Å². The Labute approximate surface area is 144 Å². The molecule has 1 aliphatic heterocycles. The number of nitrogens with zero attached hydrogens (tertiary/aromatic N) is 4. The lowest BCUT2D eigenvalue weighted by molar-refractivity contribution is 0.0418. The fourth-order valence-electron chi connectivity index (χ4n) is 3.44. The van der Waals surface area contributed by atoms with Crippen molar-refractivity contribution in [1.82, 2.24) is 19.9 Å². The third-order valence-electron chi connectivity index (χ3n) is 5.04. The molecule has 1 saturated heterocycles. The van der Waals surface area contributed by atoms with Gasteiger partial charge >= 0.3 is 0 Å². The Kier molecular flexibility index (Phi) is 5.01. The highest BCUT2D eigenvalue weighted by Crippen LogP contribution is 2.31. The molecule has 24 heavy (non-hydrogen) atoms. The summed E-state index contributed by atoms with van der Waals surface area (Å²) in [5, 5.41) is 19.3. The van der Waals surface area contributed by atoms with E-state index in [1.54, 1.807) is 0 Å². The van der Waals surface area contributed by atoms with Gasteiger partial charge in [0.25, 0.3) is 0 Å². The van der Waals surface area contributed by atoms with Gasteiger partial charge in [0.1, 0.15) is 11.3 Å². The number of hydrogen-bond acceptors (Lipinski definition) is 4. The highest BCUT2D eigenvalue weighted by atomic mass is 16.3. The molecule has 2 aromatic rings. The molecule has 1 N–H and O–H groups in total. The second kappa shape index (κ2) is 7.03. The Balaban J connectivity index is 1.62. The van der Waals surface area contributed by atoms with Gasteiger partial charge in [0.2, 0.25) is 0 Å². The van der Waals surface area contributed by atoms with Gasteiger partial charge in [-0.25, -0.2) is 4.68 Å². The zero-order chi connectivity index (χ0) is 17.2. The third kappa shape index (κ3) is 3.52. The second-order valence-electron chi connectivity index (χ2n) is 7.11. The first-order valence-electron chi connectivity index (χ1n) is 8.95. The SMILES string of the molecule is CCc1ccccc1CCN1CC[C@](O)(c2cn(C(C)C)nn2)C1. The van der Waals surface area contributed by atoms with Crippen LogP contribution in [0.1, 0.15) is 50.1 Å². The van der Waals surface area contributed by atoms with Gasteiger partial charge in [-0.3, -0.25) is 4.90 Å². The van der Waals surface area contributed by atoms with Crippen molar-refractivity contribution in [1.29, 1.82) is 0 Å². The quantitative estimate of drug-likeness (QED) is 0.885. The lowest BCUT2D eigenvalue weighted by Gasteiger charge is -2.21. The van der Waals surface area contributed by atoms with Crippen LogP contribution in [0.15, 0.2) is 30.5 Å². The number of likely N-dealkylation sites (tertiary alicyclic amines) is 1. The predicted octanol–water partition coefficient (Wildman–Crippen LogP) is 2.56. The molecule has 0 bridgehead atoms. The molecule has 130 valence electrons. The first kappa shape index (κ1) is 17.1. The van der Waals surface area contributed by atoms with E-state index in [1.807, 2.05) is 10.9 Å². The molecule has 0 spiro atoms. The van der Waals surface area contributed by atoms with Gasteiger partial charge in [-0.15, -0.1) is 5.10 Å². The zero-order valence-electron chi connectivity index (χ0n) is 14.9. The largest absolute Gasteiger partial charge is 0.382 e. The molecule has 1 aliphatic rings. The van der Waals surface area contributed by atoms with Crippen molar-refractivity contribution in [2.45, 2.75) is 51.7 Å². The van der Waals surface area contributed by atoms with Crippen LogP contribution in [-0.4, -0.2) is 44.6 Å². The Morgan fingerprint density at radius 3 is 2.67 bits per heavy atom. The minimum absolute atomic E-state index is 0.262. The number of hydrogen-bond donors (Lipinski definition) is 1. The monoisotopic (exact) mass is 328 g/mol. The standard InChI is InChI=1S/C19H28N4O/c1-4-16-7-5-6-8-17(16)9-11-22-12-10-19(24,14-22)18-13-23(15(2)3)21-20-18/h5-8,13,15,24H,4,9-12,14H2,1-3H3/t19-/m1/s1. The lowest BCUT2D eigenvalue weighted by Crippen LogP contribution is -2.32. The Bertz CT molecular complexity index is 682. The number of benzene rings is 1. The molecule has 1 atom stereocenters. The molecule has 3 rings (SSSR count). The van der Waals surface area contributed by atoms with Crippen LogP contribution in [0.4, 0.5) is 0 Å². The van der Waals surface area contributed by atoms with Gasteiger partial charge in [0.15, 0.2) is 0 Å². The number of rotatable bonds is 6. The maximum Gasteiger partial charge on any atom is 0.124 e. The summed E-state index contributed by atoms with van der Waals surface area (Å²) in [5.41, 5.74) is 2.68. The molecular weight excluding hydrogens is 300 g/mol. The van der Waals surface area contributed by atoms with E-state index in [1.165, 1.54) is 11.1 Å². The van der Waals surface area contributed by atoms with Gasteiger partial charge in [0.05, 0.1) is 6.20 Å². The normalized spacial score (nSPS) is 21.7. The second-order valence-corrected chi connectivity index (χ2v) is 7.11. The van der Waals surface area contributed by atoms with Crippen LogP contribution >= 0.6 is 0 Å². The van der Waals surface area contributed by atoms with Crippen molar-refractivity contribution in [3.63, 3.8) is 0 Å². The van der Waals surface area contributed by atoms with E-state index in [4.69, 9.17) is 0 Å². The first-order chi connectivity index (χ1) is 11.5. The molecule has 1 fully saturated rings. The van der Waals surface area contributed by atoms with E-state index in [0.717, 1.165) is 32.4 Å². The van der Waals surface area contributed by atoms with Gasteiger partial charge in [0, 0.05) is 25.7 Å². The van der Waals surface area contributed by atoms with E-state index in [-0.39, 0.29) is 6.04 Å². The summed E-state index contributed by atoms with van der Waals surface area (Å²) in [5.74, 6) is 0. The molecule has 1 aromatic carbocycles. The number of aromatic nitrogens is 3. The van der Waals surface area contributed by atoms with Crippen molar-refractivity contribution in [2.75, 3.05) is 19.6 Å². The average molecular weight is 328 g/mol. The summed E-state index contributed by atoms with van der Waals surface area (Å²) in [6, 6.07) is 8.90. The third-order valence-corrected chi connectivity index (χ3v) is 5.04. The summed E-state index contributed by atoms with van der Waals surface area (Å²) in [6.45, 7) is 8.84. The van der Waals surface area contributed by atoms with Crippen molar-refractivity contribution in [3.8, 4) is 0 Å². The molecule has 0 radical (unpaired) electrons. The highest BCUT2D eigenvalue weighted by Gasteiger charge is 2.39. The fourth-order valence-corrected chi connectivity index (χ4v) is 3.44. The van der Waals surface area contributed by atoms with Gasteiger partial charge in [-0.1, -0.05) is 36.4 Å². The molecule has 1 aromatic heterocycles. The molecule has 0 saturated carbocycles. The summed E-state index contributed by atoms with van der Waals surface area (Å²) in [4.78, 5) is 2.33. The van der Waals surface area contributed by atoms with E-state index in [2.05, 4.69) is 60.2 Å². The minimum Gasteiger partial charge on any atom is -0.382 e. The summed E-state index contributed by atoms with van der Waals surface area (Å²) in [6.07, 6.45) is 4.71. The number of aliphatic hydroxyl groups is 1. The van der Waals surface area contributed by atoms with Crippen LogP contribution in [0.5, 0.6) is 0 Å². The molecule has 0 unspecified atom stereocenters. The molecule has 5 nitrogen and oxygen atoms in total. The van der Waals surface area contributed by atoms with Crippen molar-refractivity contribution in [2.24, 2.45) is 0 Å². The predicted molar refractivity (Wildman–Crippen MR) is 94.9 cm³/mol. The smallest absolute Gasteiger partial charge is 0.124 e. The summed E-state index contributed by atoms with van der Waals surface area (Å²) in [7, 11) is 0. The van der Waals surface area contributed by atoms with Gasteiger partial charge in [-0.2, -0.15) is 0 Å². The molecule has 5 heteroatoms. The van der Waals surface area contributed by atoms with Gasteiger partial charge in [-0.05, 0) is 44.2 Å². The summed E-state index contributed by atoms with van der Waals surface area (Å²) < 4.78 is 1.81. The maximum atomic E-state index is 11.0. The van der Waals surface area contributed by atoms with Crippen LogP contribution in [0.25, 0.3) is 0 Å².